The molecule has 4 heteroatoms. The number of hydrogen-bond donors (Lipinski definition) is 0. The van der Waals surface area contributed by atoms with E-state index in [1.54, 1.807) is 0 Å². The summed E-state index contributed by atoms with van der Waals surface area (Å²) in [6.07, 6.45) is 0. The lowest BCUT2D eigenvalue weighted by Gasteiger charge is -2.22. The van der Waals surface area contributed by atoms with Crippen molar-refractivity contribution in [2.45, 2.75) is 112 Å². The van der Waals surface area contributed by atoms with E-state index in [1.165, 1.54) is 27.1 Å². The third-order valence-electron chi connectivity index (χ3n) is 6.92. The Bertz CT molecular complexity index is 1940. The molecule has 6 aromatic rings. The van der Waals surface area contributed by atoms with E-state index in [0.29, 0.717) is 0 Å². The van der Waals surface area contributed by atoms with Gasteiger partial charge in [-0.2, -0.15) is 0 Å². The standard InChI is InChI=1S/2C14H16O.C11H16O.C10H14O/c1-14(2,3)15-13-10-6-8-11-7-4-5-9-12(11)13;1-14(2,3)15-13-9-8-11-6-4-5-7-12(11)10-13;1-9-5-7-10(8-6-9)12-11(2,3)4;1-10(2,3)11-9-7-5-4-6-8-9/h2*4-10H,1-3H3;5-8H,1-4H3;4-8H,1-3H3. The van der Waals surface area contributed by atoms with Gasteiger partial charge in [0, 0.05) is 5.39 Å². The third-order valence-corrected chi connectivity index (χ3v) is 6.92. The van der Waals surface area contributed by atoms with Crippen LogP contribution in [0.3, 0.4) is 0 Å². The topological polar surface area (TPSA) is 36.9 Å². The summed E-state index contributed by atoms with van der Waals surface area (Å²) in [5.74, 6) is 3.76. The van der Waals surface area contributed by atoms with Gasteiger partial charge in [-0.3, -0.25) is 0 Å². The molecule has 0 atom stereocenters. The molecule has 4 nitrogen and oxygen atoms in total. The molecular formula is C49H62O4. The second-order valence-electron chi connectivity index (χ2n) is 17.0. The first-order valence-electron chi connectivity index (χ1n) is 18.5. The molecule has 0 aromatic heterocycles. The van der Waals surface area contributed by atoms with Gasteiger partial charge in [0.2, 0.25) is 0 Å². The predicted octanol–water partition coefficient (Wildman–Crippen LogP) is 14.1. The Morgan fingerprint density at radius 2 is 0.736 bits per heavy atom. The summed E-state index contributed by atoms with van der Waals surface area (Å²) in [7, 11) is 0. The summed E-state index contributed by atoms with van der Waals surface area (Å²) in [4.78, 5) is 0. The molecular weight excluding hydrogens is 653 g/mol. The smallest absolute Gasteiger partial charge is 0.127 e. The van der Waals surface area contributed by atoms with E-state index in [2.05, 4.69) is 103 Å². The molecule has 282 valence electrons. The van der Waals surface area contributed by atoms with Gasteiger partial charge in [-0.25, -0.2) is 0 Å². The van der Waals surface area contributed by atoms with Crippen molar-refractivity contribution >= 4 is 21.5 Å². The Morgan fingerprint density at radius 3 is 1.28 bits per heavy atom. The number of benzene rings is 6. The van der Waals surface area contributed by atoms with Gasteiger partial charge in [0.05, 0.1) is 0 Å². The molecule has 0 bridgehead atoms. The first-order valence-corrected chi connectivity index (χ1v) is 18.5. The lowest BCUT2D eigenvalue weighted by Crippen LogP contribution is -2.23. The van der Waals surface area contributed by atoms with Crippen molar-refractivity contribution in [3.8, 4) is 23.0 Å². The average molecular weight is 715 g/mol. The number of para-hydroxylation sites is 1. The highest BCUT2D eigenvalue weighted by atomic mass is 16.5. The van der Waals surface area contributed by atoms with Crippen LogP contribution in [0.4, 0.5) is 0 Å². The van der Waals surface area contributed by atoms with Crippen LogP contribution in [0.5, 0.6) is 23.0 Å². The second kappa shape index (κ2) is 18.7. The van der Waals surface area contributed by atoms with Crippen LogP contribution in [0.15, 0.2) is 140 Å². The summed E-state index contributed by atoms with van der Waals surface area (Å²) in [5.41, 5.74) is 0.777. The molecule has 6 rings (SSSR count). The van der Waals surface area contributed by atoms with E-state index in [4.69, 9.17) is 18.9 Å². The SMILES string of the molecule is CC(C)(C)Oc1ccc2ccccc2c1.CC(C)(C)Oc1cccc2ccccc12.CC(C)(C)Oc1ccccc1.Cc1ccc(OC(C)(C)C)cc1. The fourth-order valence-corrected chi connectivity index (χ4v) is 5.00. The van der Waals surface area contributed by atoms with E-state index in [-0.39, 0.29) is 22.4 Å². The van der Waals surface area contributed by atoms with E-state index in [0.717, 1.165) is 23.0 Å². The summed E-state index contributed by atoms with van der Waals surface area (Å²) >= 11 is 0. The minimum Gasteiger partial charge on any atom is -0.488 e. The van der Waals surface area contributed by atoms with Gasteiger partial charge >= 0.3 is 0 Å². The van der Waals surface area contributed by atoms with Gasteiger partial charge in [-0.15, -0.1) is 0 Å². The predicted molar refractivity (Wildman–Crippen MR) is 227 cm³/mol. The zero-order valence-corrected chi connectivity index (χ0v) is 34.4. The lowest BCUT2D eigenvalue weighted by atomic mass is 10.1. The maximum absolute atomic E-state index is 5.91. The Morgan fingerprint density at radius 1 is 0.321 bits per heavy atom. The van der Waals surface area contributed by atoms with Crippen molar-refractivity contribution in [2.75, 3.05) is 0 Å². The van der Waals surface area contributed by atoms with Crippen LogP contribution in [0.1, 0.15) is 88.6 Å². The van der Waals surface area contributed by atoms with Crippen molar-refractivity contribution in [1.29, 1.82) is 0 Å². The Hall–Kier alpha value is -4.96. The van der Waals surface area contributed by atoms with Crippen LogP contribution >= 0.6 is 0 Å². The Kier molecular flexibility index (Phi) is 15.0. The zero-order valence-electron chi connectivity index (χ0n) is 34.4. The Labute approximate surface area is 320 Å². The molecule has 0 aliphatic rings. The molecule has 0 amide bonds. The first-order chi connectivity index (χ1) is 24.7. The maximum atomic E-state index is 5.91. The highest BCUT2D eigenvalue weighted by Gasteiger charge is 2.14. The minimum atomic E-state index is -0.149. The summed E-state index contributed by atoms with van der Waals surface area (Å²) in [6.45, 7) is 26.7. The fraction of sp³-hybridized carbons (Fsp3) is 0.347. The van der Waals surface area contributed by atoms with Gasteiger partial charge in [0.25, 0.3) is 0 Å². The largest absolute Gasteiger partial charge is 0.488 e. The van der Waals surface area contributed by atoms with Gasteiger partial charge in [0.1, 0.15) is 45.4 Å². The number of ether oxygens (including phenoxy) is 4. The molecule has 0 unspecified atom stereocenters. The molecule has 0 spiro atoms. The van der Waals surface area contributed by atoms with E-state index in [1.807, 2.05) is 126 Å². The second-order valence-corrected chi connectivity index (χ2v) is 17.0. The number of hydrogen-bond acceptors (Lipinski definition) is 4. The van der Waals surface area contributed by atoms with Crippen LogP contribution in [-0.2, 0) is 0 Å². The third kappa shape index (κ3) is 17.4. The van der Waals surface area contributed by atoms with E-state index < -0.39 is 0 Å². The first kappa shape index (κ1) is 42.5. The fourth-order valence-electron chi connectivity index (χ4n) is 5.00. The van der Waals surface area contributed by atoms with E-state index >= 15 is 0 Å². The lowest BCUT2D eigenvalue weighted by molar-refractivity contribution is 0.130. The number of rotatable bonds is 4. The van der Waals surface area contributed by atoms with Crippen molar-refractivity contribution < 1.29 is 18.9 Å². The minimum absolute atomic E-state index is 0.0959. The van der Waals surface area contributed by atoms with E-state index in [9.17, 15) is 0 Å². The highest BCUT2D eigenvalue weighted by molar-refractivity contribution is 5.88. The molecule has 53 heavy (non-hydrogen) atoms. The molecule has 0 aliphatic carbocycles. The van der Waals surface area contributed by atoms with Crippen LogP contribution in [0.25, 0.3) is 21.5 Å². The van der Waals surface area contributed by atoms with Crippen LogP contribution < -0.4 is 18.9 Å². The van der Waals surface area contributed by atoms with Gasteiger partial charge < -0.3 is 18.9 Å². The summed E-state index contributed by atoms with van der Waals surface area (Å²) in [6, 6.07) is 46.9. The van der Waals surface area contributed by atoms with Crippen LogP contribution in [-0.4, -0.2) is 22.4 Å². The molecule has 0 aliphatic heterocycles. The number of fused-ring (bicyclic) bond motifs is 2. The van der Waals surface area contributed by atoms with Crippen LogP contribution in [0, 0.1) is 6.92 Å². The number of aryl methyl sites for hydroxylation is 1. The zero-order chi connectivity index (χ0) is 39.3. The van der Waals surface area contributed by atoms with Crippen molar-refractivity contribution in [3.05, 3.63) is 145 Å². The molecule has 6 aromatic carbocycles. The molecule has 0 fully saturated rings. The van der Waals surface area contributed by atoms with Gasteiger partial charge in [-0.1, -0.05) is 103 Å². The molecule has 0 saturated heterocycles. The molecule has 0 N–H and O–H groups in total. The maximum Gasteiger partial charge on any atom is 0.127 e. The van der Waals surface area contributed by atoms with Crippen molar-refractivity contribution in [1.82, 2.24) is 0 Å². The van der Waals surface area contributed by atoms with Crippen LogP contribution in [0.2, 0.25) is 0 Å². The highest BCUT2D eigenvalue weighted by Crippen LogP contribution is 2.28. The Balaban J connectivity index is 0.000000192. The summed E-state index contributed by atoms with van der Waals surface area (Å²) in [5, 5.41) is 4.87. The van der Waals surface area contributed by atoms with Gasteiger partial charge in [0.15, 0.2) is 0 Å². The van der Waals surface area contributed by atoms with Gasteiger partial charge in [-0.05, 0) is 149 Å². The molecule has 0 radical (unpaired) electrons. The average Bonchev–Trinajstić information content (AvgIpc) is 3.05. The normalized spacial score (nSPS) is 11.5. The quantitative estimate of drug-likeness (QED) is 0.182. The van der Waals surface area contributed by atoms with Crippen molar-refractivity contribution in [2.24, 2.45) is 0 Å². The van der Waals surface area contributed by atoms with Crippen molar-refractivity contribution in [3.63, 3.8) is 0 Å². The molecule has 0 saturated carbocycles. The monoisotopic (exact) mass is 714 g/mol. The summed E-state index contributed by atoms with van der Waals surface area (Å²) < 4.78 is 23.0. The molecule has 0 heterocycles.